The molecule has 0 atom stereocenters. The first-order chi connectivity index (χ1) is 7.75. The molecule has 4 heteroatoms. The molecule has 0 aromatic heterocycles. The molecule has 0 unspecified atom stereocenters. The van der Waals surface area contributed by atoms with Gasteiger partial charge in [0.2, 0.25) is 5.91 Å². The first-order valence-electron chi connectivity index (χ1n) is 5.42. The Bertz CT molecular complexity index is 436. The molecule has 1 N–H and O–H groups in total. The number of alkyl halides is 1. The Kier molecular flexibility index (Phi) is 4.78. The van der Waals surface area contributed by atoms with E-state index < -0.39 is 0 Å². The Hall–Kier alpha value is -0.350. The summed E-state index contributed by atoms with van der Waals surface area (Å²) in [5.74, 6) is -0.0469. The standard InChI is InChI=1S/C13H17Br2NO/c1-8(17)16-12-6-10(13(2,3)4)11(15)5-9(12)7-14/h5-6H,7H2,1-4H3,(H,16,17). The molecule has 2 nitrogen and oxygen atoms in total. The summed E-state index contributed by atoms with van der Waals surface area (Å²) in [4.78, 5) is 11.2. The van der Waals surface area contributed by atoms with Gasteiger partial charge in [-0.3, -0.25) is 4.79 Å². The van der Waals surface area contributed by atoms with Gasteiger partial charge >= 0.3 is 0 Å². The van der Waals surface area contributed by atoms with Crippen molar-refractivity contribution in [1.82, 2.24) is 0 Å². The minimum Gasteiger partial charge on any atom is -0.326 e. The van der Waals surface area contributed by atoms with E-state index in [-0.39, 0.29) is 11.3 Å². The van der Waals surface area contributed by atoms with Crippen molar-refractivity contribution in [3.63, 3.8) is 0 Å². The van der Waals surface area contributed by atoms with Crippen LogP contribution in [0.1, 0.15) is 38.8 Å². The number of hydrogen-bond donors (Lipinski definition) is 1. The van der Waals surface area contributed by atoms with Crippen LogP contribution in [-0.2, 0) is 15.5 Å². The monoisotopic (exact) mass is 361 g/mol. The van der Waals surface area contributed by atoms with Gasteiger partial charge in [-0.25, -0.2) is 0 Å². The van der Waals surface area contributed by atoms with E-state index in [4.69, 9.17) is 0 Å². The quantitative estimate of drug-likeness (QED) is 0.765. The average Bonchev–Trinajstić information content (AvgIpc) is 2.17. The van der Waals surface area contributed by atoms with Crippen LogP contribution in [0.3, 0.4) is 0 Å². The van der Waals surface area contributed by atoms with Gasteiger partial charge in [-0.15, -0.1) is 0 Å². The van der Waals surface area contributed by atoms with Crippen LogP contribution in [0.15, 0.2) is 16.6 Å². The first-order valence-corrected chi connectivity index (χ1v) is 7.33. The van der Waals surface area contributed by atoms with Crippen LogP contribution < -0.4 is 5.32 Å². The second-order valence-corrected chi connectivity index (χ2v) is 6.47. The Morgan fingerprint density at radius 1 is 1.35 bits per heavy atom. The third kappa shape index (κ3) is 3.81. The maximum absolute atomic E-state index is 11.2. The van der Waals surface area contributed by atoms with Crippen LogP contribution in [0.5, 0.6) is 0 Å². The van der Waals surface area contributed by atoms with Crippen molar-refractivity contribution in [2.45, 2.75) is 38.4 Å². The van der Waals surface area contributed by atoms with E-state index in [0.717, 1.165) is 15.7 Å². The molecule has 1 aromatic carbocycles. The van der Waals surface area contributed by atoms with E-state index in [0.29, 0.717) is 5.33 Å². The van der Waals surface area contributed by atoms with Crippen molar-refractivity contribution < 1.29 is 4.79 Å². The van der Waals surface area contributed by atoms with Crippen molar-refractivity contribution >= 4 is 43.5 Å². The fourth-order valence-electron chi connectivity index (χ4n) is 1.61. The van der Waals surface area contributed by atoms with Gasteiger partial charge in [0.15, 0.2) is 0 Å². The summed E-state index contributed by atoms with van der Waals surface area (Å²) in [7, 11) is 0. The zero-order chi connectivity index (χ0) is 13.2. The second kappa shape index (κ2) is 5.53. The van der Waals surface area contributed by atoms with Gasteiger partial charge in [0.25, 0.3) is 0 Å². The van der Waals surface area contributed by atoms with Gasteiger partial charge in [-0.05, 0) is 28.7 Å². The van der Waals surface area contributed by atoms with Crippen molar-refractivity contribution in [3.05, 3.63) is 27.7 Å². The molecule has 1 amide bonds. The Labute approximate surface area is 119 Å². The smallest absolute Gasteiger partial charge is 0.221 e. The molecule has 0 fully saturated rings. The van der Waals surface area contributed by atoms with Crippen molar-refractivity contribution in [2.24, 2.45) is 0 Å². The third-order valence-corrected chi connectivity index (χ3v) is 3.72. The molecule has 0 aliphatic rings. The van der Waals surface area contributed by atoms with Crippen LogP contribution in [0.25, 0.3) is 0 Å². The van der Waals surface area contributed by atoms with Gasteiger partial charge in [-0.2, -0.15) is 0 Å². The maximum atomic E-state index is 11.2. The summed E-state index contributed by atoms with van der Waals surface area (Å²) in [6, 6.07) is 4.10. The number of anilines is 1. The second-order valence-electron chi connectivity index (χ2n) is 5.05. The predicted octanol–water partition coefficient (Wildman–Crippen LogP) is 4.60. The minimum absolute atomic E-state index is 0.0386. The Balaban J connectivity index is 3.32. The number of hydrogen-bond acceptors (Lipinski definition) is 1. The highest BCUT2D eigenvalue weighted by Gasteiger charge is 2.19. The summed E-state index contributed by atoms with van der Waals surface area (Å²) in [6.07, 6.45) is 0. The fraction of sp³-hybridized carbons (Fsp3) is 0.462. The molecule has 0 bridgehead atoms. The third-order valence-electron chi connectivity index (χ3n) is 2.46. The molecule has 0 saturated heterocycles. The molecule has 0 heterocycles. The largest absolute Gasteiger partial charge is 0.326 e. The molecule has 0 radical (unpaired) electrons. The topological polar surface area (TPSA) is 29.1 Å². The number of amides is 1. The first kappa shape index (κ1) is 14.7. The van der Waals surface area contributed by atoms with Gasteiger partial charge in [0, 0.05) is 22.4 Å². The lowest BCUT2D eigenvalue weighted by molar-refractivity contribution is -0.114. The number of rotatable bonds is 2. The van der Waals surface area contributed by atoms with Gasteiger partial charge in [-0.1, -0.05) is 52.6 Å². The lowest BCUT2D eigenvalue weighted by Crippen LogP contribution is -2.15. The fourth-order valence-corrected chi connectivity index (χ4v) is 3.06. The summed E-state index contributed by atoms with van der Waals surface area (Å²) in [6.45, 7) is 7.98. The van der Waals surface area contributed by atoms with Crippen LogP contribution in [-0.4, -0.2) is 5.91 Å². The lowest BCUT2D eigenvalue weighted by atomic mass is 9.86. The highest BCUT2D eigenvalue weighted by molar-refractivity contribution is 9.10. The molecule has 0 spiro atoms. The number of benzene rings is 1. The highest BCUT2D eigenvalue weighted by atomic mass is 79.9. The summed E-state index contributed by atoms with van der Waals surface area (Å²) in [5, 5.41) is 3.59. The van der Waals surface area contributed by atoms with Gasteiger partial charge in [0.1, 0.15) is 0 Å². The minimum atomic E-state index is -0.0469. The Morgan fingerprint density at radius 2 is 1.94 bits per heavy atom. The number of halogens is 2. The van der Waals surface area contributed by atoms with Crippen molar-refractivity contribution in [2.75, 3.05) is 5.32 Å². The average molecular weight is 363 g/mol. The molecule has 0 aliphatic carbocycles. The van der Waals surface area contributed by atoms with Crippen molar-refractivity contribution in [1.29, 1.82) is 0 Å². The van der Waals surface area contributed by atoms with Gasteiger partial charge in [0.05, 0.1) is 0 Å². The predicted molar refractivity (Wildman–Crippen MR) is 79.8 cm³/mol. The normalized spacial score (nSPS) is 11.4. The summed E-state index contributed by atoms with van der Waals surface area (Å²) >= 11 is 7.03. The van der Waals surface area contributed by atoms with Crippen LogP contribution in [0, 0.1) is 0 Å². The van der Waals surface area contributed by atoms with E-state index in [2.05, 4.69) is 64.0 Å². The highest BCUT2D eigenvalue weighted by Crippen LogP contribution is 2.34. The maximum Gasteiger partial charge on any atom is 0.221 e. The van der Waals surface area contributed by atoms with E-state index >= 15 is 0 Å². The van der Waals surface area contributed by atoms with Crippen LogP contribution in [0.4, 0.5) is 5.69 Å². The Morgan fingerprint density at radius 3 is 2.35 bits per heavy atom. The zero-order valence-electron chi connectivity index (χ0n) is 10.5. The van der Waals surface area contributed by atoms with Crippen LogP contribution in [0.2, 0.25) is 0 Å². The lowest BCUT2D eigenvalue weighted by Gasteiger charge is -2.23. The summed E-state index contributed by atoms with van der Waals surface area (Å²) < 4.78 is 1.08. The van der Waals surface area contributed by atoms with E-state index in [1.807, 2.05) is 6.07 Å². The van der Waals surface area contributed by atoms with Crippen LogP contribution >= 0.6 is 31.9 Å². The van der Waals surface area contributed by atoms with E-state index in [1.54, 1.807) is 0 Å². The molecule has 94 valence electrons. The SMILES string of the molecule is CC(=O)Nc1cc(C(C)(C)C)c(Br)cc1CBr. The molecule has 17 heavy (non-hydrogen) atoms. The zero-order valence-corrected chi connectivity index (χ0v) is 13.7. The van der Waals surface area contributed by atoms with E-state index in [9.17, 15) is 4.79 Å². The molecule has 1 aromatic rings. The molecule has 1 rings (SSSR count). The molecule has 0 saturated carbocycles. The van der Waals surface area contributed by atoms with Crippen molar-refractivity contribution in [3.8, 4) is 0 Å². The number of nitrogens with one attached hydrogen (secondary N) is 1. The molecular weight excluding hydrogens is 346 g/mol. The molecular formula is C13H17Br2NO. The molecule has 0 aliphatic heterocycles. The van der Waals surface area contributed by atoms with Gasteiger partial charge < -0.3 is 5.32 Å². The summed E-state index contributed by atoms with van der Waals surface area (Å²) in [5.41, 5.74) is 3.17. The van der Waals surface area contributed by atoms with E-state index in [1.165, 1.54) is 12.5 Å². The number of carbonyl (C=O) groups excluding carboxylic acids is 1. The number of carbonyl (C=O) groups is 1.